The lowest BCUT2D eigenvalue weighted by molar-refractivity contribution is 0.440. The molecule has 0 aliphatic heterocycles. The summed E-state index contributed by atoms with van der Waals surface area (Å²) >= 11 is 12.1. The smallest absolute Gasteiger partial charge is 0.267 e. The first kappa shape index (κ1) is 20.1. The van der Waals surface area contributed by atoms with Gasteiger partial charge < -0.3 is 5.01 Å². The highest BCUT2D eigenvalue weighted by molar-refractivity contribution is 6.31. The zero-order valence-electron chi connectivity index (χ0n) is 16.3. The third-order valence-corrected chi connectivity index (χ3v) is 4.84. The Hall–Kier alpha value is -3.22. The predicted molar refractivity (Wildman–Crippen MR) is 122 cm³/mol. The summed E-state index contributed by atoms with van der Waals surface area (Å²) in [5.41, 5.74) is 2.00. The topological polar surface area (TPSA) is 63.4 Å². The van der Waals surface area contributed by atoms with Crippen LogP contribution in [-0.4, -0.2) is 39.9 Å². The van der Waals surface area contributed by atoms with Crippen molar-refractivity contribution < 1.29 is 0 Å². The first-order chi connectivity index (χ1) is 14.4. The summed E-state index contributed by atoms with van der Waals surface area (Å²) in [6.45, 7) is 0. The first-order valence-electron chi connectivity index (χ1n) is 9.08. The maximum Gasteiger partial charge on any atom is 0.267 e. The molecule has 4 rings (SSSR count). The third-order valence-electron chi connectivity index (χ3n) is 4.38. The van der Waals surface area contributed by atoms with Gasteiger partial charge in [-0.15, -0.1) is 0 Å². The van der Waals surface area contributed by atoms with Crippen molar-refractivity contribution in [2.24, 2.45) is 5.10 Å². The summed E-state index contributed by atoms with van der Waals surface area (Å²) in [7, 11) is 3.71. The fourth-order valence-electron chi connectivity index (χ4n) is 2.96. The van der Waals surface area contributed by atoms with Crippen molar-refractivity contribution in [1.82, 2.24) is 19.5 Å². The first-order valence-corrected chi connectivity index (χ1v) is 9.84. The standard InChI is InChI=1S/C22H17Cl2N5O/c1-28(2)26-12-14-3-5-15(6-4-14)21-27-19-9-7-16(23)11-18(19)22(30)29(21)20-10-8-17(24)13-25-20/h3-13H,1-2H3/b26-12+. The van der Waals surface area contributed by atoms with E-state index in [-0.39, 0.29) is 5.56 Å². The van der Waals surface area contributed by atoms with Crippen LogP contribution in [0.15, 0.2) is 70.7 Å². The number of nitrogens with zero attached hydrogens (tertiary/aromatic N) is 5. The summed E-state index contributed by atoms with van der Waals surface area (Å²) in [5.74, 6) is 0.896. The van der Waals surface area contributed by atoms with Crippen LogP contribution in [0.5, 0.6) is 0 Å². The highest BCUT2D eigenvalue weighted by Crippen LogP contribution is 2.24. The zero-order chi connectivity index (χ0) is 21.3. The van der Waals surface area contributed by atoms with Crippen LogP contribution in [0, 0.1) is 0 Å². The van der Waals surface area contributed by atoms with Crippen LogP contribution in [0.4, 0.5) is 0 Å². The molecule has 0 saturated carbocycles. The van der Waals surface area contributed by atoms with Gasteiger partial charge in [0.05, 0.1) is 22.1 Å². The van der Waals surface area contributed by atoms with E-state index in [4.69, 9.17) is 28.2 Å². The molecule has 0 fully saturated rings. The van der Waals surface area contributed by atoms with Gasteiger partial charge in [-0.25, -0.2) is 14.5 Å². The molecule has 30 heavy (non-hydrogen) atoms. The lowest BCUT2D eigenvalue weighted by Crippen LogP contribution is -2.22. The number of benzene rings is 2. The Morgan fingerprint density at radius 1 is 1.00 bits per heavy atom. The fourth-order valence-corrected chi connectivity index (χ4v) is 3.25. The van der Waals surface area contributed by atoms with Gasteiger partial charge in [-0.2, -0.15) is 5.10 Å². The Morgan fingerprint density at radius 3 is 2.40 bits per heavy atom. The molecule has 150 valence electrons. The van der Waals surface area contributed by atoms with Gasteiger partial charge in [-0.3, -0.25) is 4.79 Å². The molecule has 2 aromatic heterocycles. The van der Waals surface area contributed by atoms with Crippen molar-refractivity contribution in [3.05, 3.63) is 86.8 Å². The highest BCUT2D eigenvalue weighted by Gasteiger charge is 2.16. The molecule has 0 spiro atoms. The van der Waals surface area contributed by atoms with Crippen LogP contribution in [0.3, 0.4) is 0 Å². The van der Waals surface area contributed by atoms with Crippen molar-refractivity contribution in [1.29, 1.82) is 0 Å². The second-order valence-electron chi connectivity index (χ2n) is 6.79. The summed E-state index contributed by atoms with van der Waals surface area (Å²) in [4.78, 5) is 22.4. The SMILES string of the molecule is CN(C)/N=C/c1ccc(-c2nc3ccc(Cl)cc3c(=O)n2-c2ccc(Cl)cn2)cc1. The summed E-state index contributed by atoms with van der Waals surface area (Å²) < 4.78 is 1.47. The largest absolute Gasteiger partial charge is 0.303 e. The Balaban J connectivity index is 1.94. The molecular weight excluding hydrogens is 421 g/mol. The minimum absolute atomic E-state index is 0.259. The average molecular weight is 438 g/mol. The normalized spacial score (nSPS) is 11.3. The van der Waals surface area contributed by atoms with Gasteiger partial charge in [0.15, 0.2) is 0 Å². The Kier molecular flexibility index (Phi) is 5.53. The van der Waals surface area contributed by atoms with Crippen LogP contribution < -0.4 is 5.56 Å². The molecule has 4 aromatic rings. The number of halogens is 2. The third kappa shape index (κ3) is 4.06. The van der Waals surface area contributed by atoms with Gasteiger partial charge in [-0.05, 0) is 35.9 Å². The van der Waals surface area contributed by atoms with Crippen LogP contribution in [0.1, 0.15) is 5.56 Å². The number of hydrogen-bond donors (Lipinski definition) is 0. The Morgan fingerprint density at radius 2 is 1.73 bits per heavy atom. The van der Waals surface area contributed by atoms with Gasteiger partial charge >= 0.3 is 0 Å². The molecule has 0 N–H and O–H groups in total. The minimum atomic E-state index is -0.259. The molecule has 6 nitrogen and oxygen atoms in total. The number of rotatable bonds is 4. The van der Waals surface area contributed by atoms with E-state index in [1.54, 1.807) is 41.6 Å². The van der Waals surface area contributed by atoms with E-state index in [0.717, 1.165) is 11.1 Å². The molecule has 2 aromatic carbocycles. The fraction of sp³-hybridized carbons (Fsp3) is 0.0909. The molecule has 8 heteroatoms. The van der Waals surface area contributed by atoms with E-state index in [9.17, 15) is 4.79 Å². The minimum Gasteiger partial charge on any atom is -0.303 e. The maximum absolute atomic E-state index is 13.4. The molecule has 2 heterocycles. The van der Waals surface area contributed by atoms with E-state index in [1.807, 2.05) is 38.4 Å². The van der Waals surface area contributed by atoms with Crippen molar-refractivity contribution in [3.63, 3.8) is 0 Å². The molecular formula is C22H17Cl2N5O. The number of pyridine rings is 1. The van der Waals surface area contributed by atoms with Crippen LogP contribution in [0.2, 0.25) is 10.0 Å². The molecule has 0 radical (unpaired) electrons. The van der Waals surface area contributed by atoms with Gasteiger partial charge in [0.25, 0.3) is 5.56 Å². The lowest BCUT2D eigenvalue weighted by Gasteiger charge is -2.13. The van der Waals surface area contributed by atoms with Crippen LogP contribution in [0.25, 0.3) is 28.1 Å². The molecule has 0 saturated heterocycles. The molecule has 0 atom stereocenters. The molecule has 0 unspecified atom stereocenters. The monoisotopic (exact) mass is 437 g/mol. The van der Waals surface area contributed by atoms with E-state index in [2.05, 4.69) is 10.1 Å². The van der Waals surface area contributed by atoms with E-state index < -0.39 is 0 Å². The Bertz CT molecular complexity index is 1300. The molecule has 0 aliphatic rings. The van der Waals surface area contributed by atoms with Crippen LogP contribution in [-0.2, 0) is 0 Å². The van der Waals surface area contributed by atoms with Crippen molar-refractivity contribution >= 4 is 40.3 Å². The summed E-state index contributed by atoms with van der Waals surface area (Å²) in [5, 5.41) is 7.32. The second-order valence-corrected chi connectivity index (χ2v) is 7.66. The Labute approximate surface area is 183 Å². The average Bonchev–Trinajstić information content (AvgIpc) is 2.74. The number of fused-ring (bicyclic) bond motifs is 1. The van der Waals surface area contributed by atoms with Gasteiger partial charge in [-0.1, -0.05) is 47.5 Å². The van der Waals surface area contributed by atoms with Gasteiger partial charge in [0, 0.05) is 30.9 Å². The second kappa shape index (κ2) is 8.26. The molecule has 0 aliphatic carbocycles. The number of hydrazone groups is 1. The number of hydrogen-bond acceptors (Lipinski definition) is 5. The summed E-state index contributed by atoms with van der Waals surface area (Å²) in [6, 6.07) is 16.1. The van der Waals surface area contributed by atoms with E-state index in [0.29, 0.717) is 32.6 Å². The quantitative estimate of drug-likeness (QED) is 0.344. The van der Waals surface area contributed by atoms with Crippen molar-refractivity contribution in [3.8, 4) is 17.2 Å². The maximum atomic E-state index is 13.4. The lowest BCUT2D eigenvalue weighted by atomic mass is 10.1. The molecule has 0 bridgehead atoms. The number of aromatic nitrogens is 3. The van der Waals surface area contributed by atoms with Crippen molar-refractivity contribution in [2.45, 2.75) is 0 Å². The van der Waals surface area contributed by atoms with Crippen molar-refractivity contribution in [2.75, 3.05) is 14.1 Å². The van der Waals surface area contributed by atoms with E-state index >= 15 is 0 Å². The summed E-state index contributed by atoms with van der Waals surface area (Å²) in [6.07, 6.45) is 3.25. The zero-order valence-corrected chi connectivity index (χ0v) is 17.8. The molecule has 0 amide bonds. The van der Waals surface area contributed by atoms with Gasteiger partial charge in [0.1, 0.15) is 11.6 Å². The van der Waals surface area contributed by atoms with Gasteiger partial charge in [0.2, 0.25) is 0 Å². The predicted octanol–water partition coefficient (Wildman–Crippen LogP) is 4.65. The highest BCUT2D eigenvalue weighted by atomic mass is 35.5. The van der Waals surface area contributed by atoms with E-state index in [1.165, 1.54) is 10.8 Å². The van der Waals surface area contributed by atoms with Crippen LogP contribution >= 0.6 is 23.2 Å².